The van der Waals surface area contributed by atoms with Crippen LogP contribution < -0.4 is 54.4 Å². The van der Waals surface area contributed by atoms with E-state index in [0.717, 1.165) is 42.0 Å². The average molecular weight is 1200 g/mol. The maximum absolute atomic E-state index is 13.5. The molecule has 0 aliphatic heterocycles. The van der Waals surface area contributed by atoms with E-state index < -0.39 is 0 Å². The Kier molecular flexibility index (Phi) is 22.7. The van der Waals surface area contributed by atoms with E-state index in [9.17, 15) is 19.2 Å². The van der Waals surface area contributed by atoms with Gasteiger partial charge in [-0.2, -0.15) is 15.0 Å². The van der Waals surface area contributed by atoms with Gasteiger partial charge in [-0.05, 0) is 48.5 Å². The number of hydrogen-bond donors (Lipinski definition) is 10. The van der Waals surface area contributed by atoms with Crippen molar-refractivity contribution in [1.29, 1.82) is 0 Å². The molecule has 0 unspecified atom stereocenters. The molecule has 0 fully saturated rings. The predicted octanol–water partition coefficient (Wildman–Crippen LogP) is 7.63. The molecular formula is C59H69N21O4S2. The van der Waals surface area contributed by atoms with Gasteiger partial charge < -0.3 is 64.2 Å². The highest BCUT2D eigenvalue weighted by atomic mass is 32.1. The van der Waals surface area contributed by atoms with Crippen molar-refractivity contribution in [2.75, 3.05) is 108 Å². The number of rotatable bonds is 33. The highest BCUT2D eigenvalue weighted by Crippen LogP contribution is 2.38. The van der Waals surface area contributed by atoms with E-state index in [4.69, 9.17) is 32.2 Å². The topological polar surface area (TPSA) is 351 Å². The fraction of sp³-hybridized carbons (Fsp3) is 0.305. The minimum absolute atomic E-state index is 0.132. The zero-order valence-corrected chi connectivity index (χ0v) is 49.0. The van der Waals surface area contributed by atoms with Crippen molar-refractivity contribution in [3.63, 3.8) is 0 Å². The number of azo groups is 2. The number of nitrogens with zero attached hydrogens (tertiary/aromatic N) is 11. The number of carbonyl (C=O) groups excluding carboxylic acids is 4. The number of fused-ring (bicyclic) bond motifs is 4. The molecule has 0 saturated carbocycles. The monoisotopic (exact) mass is 1200 g/mol. The fourth-order valence-corrected chi connectivity index (χ4v) is 10.7. The summed E-state index contributed by atoms with van der Waals surface area (Å²) in [6, 6.07) is 39.0. The Morgan fingerprint density at radius 1 is 0.395 bits per heavy atom. The van der Waals surface area contributed by atoms with E-state index in [1.54, 1.807) is 0 Å². The standard InChI is InChI=1S/C59H69N21O4S2/c60-25-28-63-51(81)21-33-79(34-22-52(82)64-29-26-61)37-38-80(35-23-53(83)65-30-27-62)36-24-54(84)66-31-32-67-55-72-56(68-43-17-19-45(41-11-3-1-9-39(41)43)75-77-58-70-47-13-5-7-15-49(47)85-58)74-57(73-55)69-44-18-20-46(42-12-4-2-10-40(42)44)76-78-59-71-48-14-6-8-16-50(48)86-59/h1-20H,21-38,60-62H2,(H,63,81)(H,64,82)(H,65,83)(H,66,84)(H3,67,68,69,72,73,74). The van der Waals surface area contributed by atoms with Crippen LogP contribution in [0.2, 0.25) is 0 Å². The molecule has 27 heteroatoms. The third-order valence-corrected chi connectivity index (χ3v) is 15.3. The molecule has 9 rings (SSSR count). The molecule has 86 heavy (non-hydrogen) atoms. The summed E-state index contributed by atoms with van der Waals surface area (Å²) in [5.74, 6) is 0.0291. The van der Waals surface area contributed by atoms with Crippen molar-refractivity contribution >= 4 is 139 Å². The van der Waals surface area contributed by atoms with Gasteiger partial charge in [-0.25, -0.2) is 9.97 Å². The van der Waals surface area contributed by atoms with Crippen molar-refractivity contribution in [3.05, 3.63) is 121 Å². The maximum Gasteiger partial charge on any atom is 0.233 e. The summed E-state index contributed by atoms with van der Waals surface area (Å²) in [4.78, 5) is 79.0. The van der Waals surface area contributed by atoms with Gasteiger partial charge in [-0.1, -0.05) is 95.5 Å². The van der Waals surface area contributed by atoms with E-state index in [0.29, 0.717) is 112 Å². The molecule has 0 atom stereocenters. The zero-order valence-electron chi connectivity index (χ0n) is 47.4. The van der Waals surface area contributed by atoms with Gasteiger partial charge in [0.1, 0.15) is 0 Å². The largest absolute Gasteiger partial charge is 0.355 e. The summed E-state index contributed by atoms with van der Waals surface area (Å²) in [6.45, 7) is 4.93. The summed E-state index contributed by atoms with van der Waals surface area (Å²) in [6.07, 6.45) is 0.740. The van der Waals surface area contributed by atoms with E-state index in [1.807, 2.05) is 131 Å². The third-order valence-electron chi connectivity index (χ3n) is 13.5. The second-order valence-corrected chi connectivity index (χ2v) is 21.6. The number of aromatic nitrogens is 5. The number of amides is 4. The van der Waals surface area contributed by atoms with Crippen LogP contribution in [0.4, 0.5) is 50.9 Å². The molecular weight excluding hydrogens is 1130 g/mol. The second kappa shape index (κ2) is 31.7. The van der Waals surface area contributed by atoms with E-state index in [-0.39, 0.29) is 80.2 Å². The number of carbonyl (C=O) groups is 4. The van der Waals surface area contributed by atoms with Crippen molar-refractivity contribution < 1.29 is 19.2 Å². The number of nitrogens with one attached hydrogen (secondary N) is 7. The number of para-hydroxylation sites is 2. The molecule has 0 spiro atoms. The summed E-state index contributed by atoms with van der Waals surface area (Å²) in [5, 5.41) is 44.3. The molecule has 0 aliphatic rings. The molecule has 0 aliphatic carbocycles. The first-order valence-electron chi connectivity index (χ1n) is 28.3. The Balaban J connectivity index is 0.897. The van der Waals surface area contributed by atoms with Crippen LogP contribution in [0.15, 0.2) is 142 Å². The van der Waals surface area contributed by atoms with Gasteiger partial charge >= 0.3 is 0 Å². The van der Waals surface area contributed by atoms with Crippen LogP contribution in [0.25, 0.3) is 42.0 Å². The second-order valence-electron chi connectivity index (χ2n) is 19.6. The Hall–Kier alpha value is -9.09. The number of anilines is 5. The first-order valence-corrected chi connectivity index (χ1v) is 30.0. The van der Waals surface area contributed by atoms with E-state index in [1.165, 1.54) is 22.7 Å². The van der Waals surface area contributed by atoms with Crippen LogP contribution in [-0.2, 0) is 19.2 Å². The molecule has 9 aromatic rings. The molecule has 0 saturated heterocycles. The molecule has 0 bridgehead atoms. The molecule has 3 heterocycles. The van der Waals surface area contributed by atoms with Crippen LogP contribution in [0.1, 0.15) is 25.7 Å². The minimum Gasteiger partial charge on any atom is -0.355 e. The van der Waals surface area contributed by atoms with Crippen molar-refractivity contribution in [2.45, 2.75) is 25.7 Å². The van der Waals surface area contributed by atoms with Crippen molar-refractivity contribution in [3.8, 4) is 0 Å². The van der Waals surface area contributed by atoms with Crippen LogP contribution in [0, 0.1) is 0 Å². The van der Waals surface area contributed by atoms with Crippen molar-refractivity contribution in [2.24, 2.45) is 37.7 Å². The molecule has 4 amide bonds. The van der Waals surface area contributed by atoms with Crippen LogP contribution >= 0.6 is 22.7 Å². The number of hydrogen-bond acceptors (Lipinski definition) is 23. The van der Waals surface area contributed by atoms with E-state index >= 15 is 0 Å². The van der Waals surface area contributed by atoms with Gasteiger partial charge in [0.25, 0.3) is 0 Å². The quantitative estimate of drug-likeness (QED) is 0.0139. The van der Waals surface area contributed by atoms with Gasteiger partial charge in [0.15, 0.2) is 0 Å². The van der Waals surface area contributed by atoms with Crippen LogP contribution in [0.3, 0.4) is 0 Å². The number of thiazole rings is 2. The Morgan fingerprint density at radius 2 is 0.767 bits per heavy atom. The SMILES string of the molecule is NCCNC(=O)CCN(CCC(=O)NCCN)CCN(CCC(=O)NCCN)CCC(=O)NCCNc1nc(Nc2ccc(N=Nc3nc4ccccc4s3)c3ccccc23)nc(Nc2ccc(N=Nc3nc4ccccc4s3)c3ccccc23)n1. The molecule has 0 radical (unpaired) electrons. The minimum atomic E-state index is -0.209. The molecule has 6 aromatic carbocycles. The lowest BCUT2D eigenvalue weighted by Crippen LogP contribution is -2.42. The normalized spacial score (nSPS) is 11.6. The Morgan fingerprint density at radius 3 is 1.17 bits per heavy atom. The van der Waals surface area contributed by atoms with Crippen LogP contribution in [-0.4, -0.2) is 150 Å². The third kappa shape index (κ3) is 18.0. The van der Waals surface area contributed by atoms with Gasteiger partial charge in [0, 0.05) is 150 Å². The Bertz CT molecular complexity index is 3540. The highest BCUT2D eigenvalue weighted by molar-refractivity contribution is 7.22. The van der Waals surface area contributed by atoms with E-state index in [2.05, 4.69) is 67.6 Å². The summed E-state index contributed by atoms with van der Waals surface area (Å²) in [7, 11) is 0. The van der Waals surface area contributed by atoms with Gasteiger partial charge in [0.05, 0.1) is 31.8 Å². The van der Waals surface area contributed by atoms with Gasteiger partial charge in [0.2, 0.25) is 51.7 Å². The first kappa shape index (κ1) is 61.5. The summed E-state index contributed by atoms with van der Waals surface area (Å²) < 4.78 is 2.05. The lowest BCUT2D eigenvalue weighted by molar-refractivity contribution is -0.123. The summed E-state index contributed by atoms with van der Waals surface area (Å²) in [5.41, 5.74) is 21.2. The van der Waals surface area contributed by atoms with Gasteiger partial charge in [-0.3, -0.25) is 19.2 Å². The maximum atomic E-state index is 13.5. The molecule has 446 valence electrons. The molecule has 3 aromatic heterocycles. The fourth-order valence-electron chi connectivity index (χ4n) is 9.12. The number of benzene rings is 6. The number of nitrogens with two attached hydrogens (primary N) is 3. The smallest absolute Gasteiger partial charge is 0.233 e. The average Bonchev–Trinajstić information content (AvgIpc) is 2.27. The highest BCUT2D eigenvalue weighted by Gasteiger charge is 2.18. The Labute approximate surface area is 504 Å². The predicted molar refractivity (Wildman–Crippen MR) is 341 cm³/mol. The van der Waals surface area contributed by atoms with Crippen molar-refractivity contribution in [1.82, 2.24) is 56.0 Å². The lowest BCUT2D eigenvalue weighted by atomic mass is 10.1. The first-order chi connectivity index (χ1) is 42.1. The summed E-state index contributed by atoms with van der Waals surface area (Å²) >= 11 is 2.94. The lowest BCUT2D eigenvalue weighted by Gasteiger charge is -2.27. The van der Waals surface area contributed by atoms with Crippen LogP contribution in [0.5, 0.6) is 0 Å². The zero-order chi connectivity index (χ0) is 59.9. The van der Waals surface area contributed by atoms with Gasteiger partial charge in [-0.15, -0.1) is 20.5 Å². The molecule has 13 N–H and O–H groups in total. The molecule has 25 nitrogen and oxygen atoms in total.